The number of hydrogen-bond donors (Lipinski definition) is 0. The highest BCUT2D eigenvalue weighted by molar-refractivity contribution is 8.04. The maximum atomic E-state index is 13.2. The van der Waals surface area contributed by atoms with Crippen molar-refractivity contribution >= 4 is 46.4 Å². The van der Waals surface area contributed by atoms with Gasteiger partial charge in [0.05, 0.1) is 28.2 Å². The second-order valence-corrected chi connectivity index (χ2v) is 7.86. The lowest BCUT2D eigenvalue weighted by molar-refractivity contribution is -0.384. The third-order valence-electron chi connectivity index (χ3n) is 4.42. The molecule has 0 unspecified atom stereocenters. The first kappa shape index (κ1) is 19.9. The second kappa shape index (κ2) is 8.17. The molecule has 1 aliphatic heterocycles. The summed E-state index contributed by atoms with van der Waals surface area (Å²) in [6.07, 6.45) is 1.47. The number of imide groups is 1. The normalized spacial score (nSPS) is 14.0. The first-order valence-electron chi connectivity index (χ1n) is 8.75. The molecule has 0 radical (unpaired) electrons. The zero-order chi connectivity index (χ0) is 21.3. The van der Waals surface area contributed by atoms with E-state index in [2.05, 4.69) is 0 Å². The van der Waals surface area contributed by atoms with Gasteiger partial charge in [0.25, 0.3) is 17.5 Å². The van der Waals surface area contributed by atoms with Gasteiger partial charge in [-0.25, -0.2) is 0 Å². The molecule has 0 saturated carbocycles. The van der Waals surface area contributed by atoms with Crippen LogP contribution >= 0.6 is 23.4 Å². The van der Waals surface area contributed by atoms with E-state index < -0.39 is 16.7 Å². The molecular weight excluding hydrogens is 428 g/mol. The Morgan fingerprint density at radius 3 is 2.30 bits per heavy atom. The molecule has 2 aromatic carbocycles. The minimum absolute atomic E-state index is 0.00811. The fraction of sp³-hybridized carbons (Fsp3) is 0.0476. The number of carbonyl (C=O) groups excluding carboxylic acids is 2. The Bertz CT molecular complexity index is 1160. The molecule has 3 aromatic rings. The topological polar surface area (TPSA) is 93.7 Å². The number of benzene rings is 2. The fourth-order valence-corrected chi connectivity index (χ4v) is 4.11. The van der Waals surface area contributed by atoms with Crippen LogP contribution in [0.3, 0.4) is 0 Å². The van der Waals surface area contributed by atoms with Crippen molar-refractivity contribution in [2.75, 3.05) is 0 Å². The van der Waals surface area contributed by atoms with Gasteiger partial charge < -0.3 is 4.42 Å². The Kier molecular flexibility index (Phi) is 5.43. The number of furan rings is 1. The molecule has 150 valence electrons. The molecule has 9 heteroatoms. The van der Waals surface area contributed by atoms with Gasteiger partial charge in [-0.15, -0.1) is 0 Å². The van der Waals surface area contributed by atoms with Crippen LogP contribution in [0, 0.1) is 10.1 Å². The van der Waals surface area contributed by atoms with Crippen LogP contribution in [0.5, 0.6) is 0 Å². The Morgan fingerprint density at radius 2 is 1.70 bits per heavy atom. The number of halogens is 1. The summed E-state index contributed by atoms with van der Waals surface area (Å²) in [6, 6.07) is 15.8. The third kappa shape index (κ3) is 3.87. The number of nitro groups is 1. The maximum Gasteiger partial charge on any atom is 0.269 e. The Balaban J connectivity index is 1.74. The van der Waals surface area contributed by atoms with E-state index in [4.69, 9.17) is 16.0 Å². The lowest BCUT2D eigenvalue weighted by Gasteiger charge is -2.13. The molecule has 7 nitrogen and oxygen atoms in total. The predicted octanol–water partition coefficient (Wildman–Crippen LogP) is 4.91. The second-order valence-electron chi connectivity index (χ2n) is 6.34. The lowest BCUT2D eigenvalue weighted by Crippen LogP contribution is -2.30. The zero-order valence-electron chi connectivity index (χ0n) is 15.3. The highest BCUT2D eigenvalue weighted by atomic mass is 35.5. The first-order chi connectivity index (χ1) is 14.4. The highest BCUT2D eigenvalue weighted by Gasteiger charge is 2.40. The van der Waals surface area contributed by atoms with E-state index in [1.807, 2.05) is 0 Å². The summed E-state index contributed by atoms with van der Waals surface area (Å²) >= 11 is 7.08. The number of thioether (sulfide) groups is 1. The highest BCUT2D eigenvalue weighted by Crippen LogP contribution is 2.40. The van der Waals surface area contributed by atoms with Gasteiger partial charge in [0.15, 0.2) is 0 Å². The van der Waals surface area contributed by atoms with E-state index in [1.54, 1.807) is 36.4 Å². The fourth-order valence-electron chi connectivity index (χ4n) is 2.98. The number of amides is 2. The standard InChI is InChI=1S/C21H13ClN2O5S/c22-14-5-9-17(10-6-14)30-19-18(13-3-7-15(8-4-13)24(27)28)20(25)23(21(19)26)12-16-2-1-11-29-16/h1-11H,12H2. The third-order valence-corrected chi connectivity index (χ3v) is 5.76. The van der Waals surface area contributed by atoms with Crippen LogP contribution in [0.15, 0.2) is 81.1 Å². The smallest absolute Gasteiger partial charge is 0.269 e. The van der Waals surface area contributed by atoms with E-state index in [0.29, 0.717) is 16.3 Å². The Morgan fingerprint density at radius 1 is 1.00 bits per heavy atom. The van der Waals surface area contributed by atoms with Crippen molar-refractivity contribution in [3.63, 3.8) is 0 Å². The monoisotopic (exact) mass is 440 g/mol. The van der Waals surface area contributed by atoms with Crippen LogP contribution in [0.25, 0.3) is 5.57 Å². The van der Waals surface area contributed by atoms with Crippen LogP contribution in [0.4, 0.5) is 5.69 Å². The minimum Gasteiger partial charge on any atom is -0.467 e. The number of non-ortho nitro benzene ring substituents is 1. The molecule has 0 N–H and O–H groups in total. The SMILES string of the molecule is O=C1C(Sc2ccc(Cl)cc2)=C(c2ccc([N+](=O)[O-])cc2)C(=O)N1Cc1ccco1. The van der Waals surface area contributed by atoms with Gasteiger partial charge in [0, 0.05) is 22.1 Å². The molecule has 1 aliphatic rings. The zero-order valence-corrected chi connectivity index (χ0v) is 16.9. The molecule has 2 amide bonds. The quantitative estimate of drug-likeness (QED) is 0.307. The number of hydrogen-bond acceptors (Lipinski definition) is 6. The summed E-state index contributed by atoms with van der Waals surface area (Å²) in [5.41, 5.74) is 0.522. The number of nitrogens with zero attached hydrogens (tertiary/aromatic N) is 2. The van der Waals surface area contributed by atoms with Crippen molar-refractivity contribution in [2.45, 2.75) is 11.4 Å². The summed E-state index contributed by atoms with van der Waals surface area (Å²) in [6.45, 7) is -0.00811. The predicted molar refractivity (Wildman–Crippen MR) is 112 cm³/mol. The van der Waals surface area contributed by atoms with Crippen LogP contribution in [-0.2, 0) is 16.1 Å². The first-order valence-corrected chi connectivity index (χ1v) is 9.94. The van der Waals surface area contributed by atoms with E-state index >= 15 is 0 Å². The molecule has 0 aliphatic carbocycles. The van der Waals surface area contributed by atoms with E-state index in [0.717, 1.165) is 21.6 Å². The number of rotatable bonds is 6. The summed E-state index contributed by atoms with van der Waals surface area (Å²) in [7, 11) is 0. The Hall–Kier alpha value is -3.36. The molecule has 0 atom stereocenters. The molecule has 0 fully saturated rings. The van der Waals surface area contributed by atoms with Crippen molar-refractivity contribution in [3.8, 4) is 0 Å². The lowest BCUT2D eigenvalue weighted by atomic mass is 10.1. The molecule has 0 spiro atoms. The largest absolute Gasteiger partial charge is 0.467 e. The van der Waals surface area contributed by atoms with Crippen LogP contribution in [0.1, 0.15) is 11.3 Å². The molecule has 30 heavy (non-hydrogen) atoms. The molecule has 1 aromatic heterocycles. The summed E-state index contributed by atoms with van der Waals surface area (Å²) in [4.78, 5) is 38.8. The number of carbonyl (C=O) groups is 2. The van der Waals surface area contributed by atoms with Crippen molar-refractivity contribution in [1.82, 2.24) is 4.90 Å². The van der Waals surface area contributed by atoms with Gasteiger partial charge in [0.2, 0.25) is 0 Å². The van der Waals surface area contributed by atoms with Gasteiger partial charge in [-0.05, 0) is 54.1 Å². The van der Waals surface area contributed by atoms with Gasteiger partial charge in [-0.3, -0.25) is 24.6 Å². The van der Waals surface area contributed by atoms with Crippen molar-refractivity contribution in [1.29, 1.82) is 0 Å². The van der Waals surface area contributed by atoms with E-state index in [-0.39, 0.29) is 22.7 Å². The summed E-state index contributed by atoms with van der Waals surface area (Å²) < 4.78 is 5.28. The molecule has 0 saturated heterocycles. The Labute approximate surface area is 180 Å². The average molecular weight is 441 g/mol. The molecule has 4 rings (SSSR count). The molecule has 0 bridgehead atoms. The summed E-state index contributed by atoms with van der Waals surface area (Å²) in [5.74, 6) is -0.469. The molecular formula is C21H13ClN2O5S. The van der Waals surface area contributed by atoms with Crippen LogP contribution < -0.4 is 0 Å². The minimum atomic E-state index is -0.521. The van der Waals surface area contributed by atoms with Gasteiger partial charge in [-0.1, -0.05) is 23.4 Å². The number of nitro benzene ring substituents is 1. The van der Waals surface area contributed by atoms with Gasteiger partial charge in [-0.2, -0.15) is 0 Å². The average Bonchev–Trinajstić information content (AvgIpc) is 3.33. The van der Waals surface area contributed by atoms with E-state index in [1.165, 1.54) is 30.5 Å². The molecule has 2 heterocycles. The van der Waals surface area contributed by atoms with E-state index in [9.17, 15) is 19.7 Å². The van der Waals surface area contributed by atoms with Crippen molar-refractivity contribution in [2.24, 2.45) is 0 Å². The van der Waals surface area contributed by atoms with Crippen LogP contribution in [0.2, 0.25) is 5.02 Å². The maximum absolute atomic E-state index is 13.2. The van der Waals surface area contributed by atoms with Crippen molar-refractivity contribution in [3.05, 3.63) is 98.3 Å². The van der Waals surface area contributed by atoms with Gasteiger partial charge >= 0.3 is 0 Å². The van der Waals surface area contributed by atoms with Gasteiger partial charge in [0.1, 0.15) is 5.76 Å². The van der Waals surface area contributed by atoms with Crippen LogP contribution in [-0.4, -0.2) is 21.6 Å². The summed E-state index contributed by atoms with van der Waals surface area (Å²) in [5, 5.41) is 11.5. The van der Waals surface area contributed by atoms with Crippen molar-refractivity contribution < 1.29 is 18.9 Å².